The monoisotopic (exact) mass is 522 g/mol. The van der Waals surface area contributed by atoms with E-state index in [1.165, 1.54) is 5.56 Å². The molecule has 2 aromatic rings. The lowest BCUT2D eigenvalue weighted by Crippen LogP contribution is -2.64. The van der Waals surface area contributed by atoms with Crippen LogP contribution in [0.4, 0.5) is 0 Å². The maximum Gasteiger partial charge on any atom is 0.247 e. The zero-order valence-corrected chi connectivity index (χ0v) is 23.1. The van der Waals surface area contributed by atoms with Crippen LogP contribution >= 0.6 is 0 Å². The molecule has 4 rings (SSSR count). The second-order valence-electron chi connectivity index (χ2n) is 11.4. The Balaban J connectivity index is 1.55. The minimum absolute atomic E-state index is 0.126. The lowest BCUT2D eigenvalue weighted by atomic mass is 9.75. The van der Waals surface area contributed by atoms with Crippen LogP contribution < -0.4 is 11.1 Å². The molecule has 2 heterocycles. The molecule has 0 aliphatic carbocycles. The van der Waals surface area contributed by atoms with E-state index in [2.05, 4.69) is 41.5 Å². The van der Waals surface area contributed by atoms with E-state index in [1.807, 2.05) is 48.2 Å². The van der Waals surface area contributed by atoms with Gasteiger partial charge in [-0.1, -0.05) is 60.7 Å². The average molecular weight is 523 g/mol. The normalized spacial score (nSPS) is 24.1. The second-order valence-corrected chi connectivity index (χ2v) is 11.4. The molecule has 1 spiro atoms. The lowest BCUT2D eigenvalue weighted by Gasteiger charge is -2.52. The van der Waals surface area contributed by atoms with Gasteiger partial charge in [0.05, 0.1) is 37.1 Å². The number of amides is 2. The molecule has 2 amide bonds. The van der Waals surface area contributed by atoms with Crippen molar-refractivity contribution in [1.82, 2.24) is 15.1 Å². The summed E-state index contributed by atoms with van der Waals surface area (Å²) >= 11 is 0. The van der Waals surface area contributed by atoms with E-state index in [4.69, 9.17) is 15.2 Å². The molecule has 8 nitrogen and oxygen atoms in total. The van der Waals surface area contributed by atoms with Gasteiger partial charge in [0.1, 0.15) is 6.04 Å². The minimum atomic E-state index is -1.13. The molecule has 2 aromatic carbocycles. The number of hydrogen-bond donors (Lipinski definition) is 2. The fourth-order valence-electron chi connectivity index (χ4n) is 5.41. The van der Waals surface area contributed by atoms with Gasteiger partial charge in [-0.05, 0) is 51.8 Å². The number of rotatable bonds is 8. The summed E-state index contributed by atoms with van der Waals surface area (Å²) in [6.45, 7) is 7.86. The number of nitrogens with two attached hydrogens (primary N) is 1. The Morgan fingerprint density at radius 1 is 1.16 bits per heavy atom. The summed E-state index contributed by atoms with van der Waals surface area (Å²) in [6, 6.07) is 19.3. The Morgan fingerprint density at radius 2 is 1.82 bits per heavy atom. The highest BCUT2D eigenvalue weighted by molar-refractivity contribution is 5.92. The number of piperidine rings is 1. The van der Waals surface area contributed by atoms with Gasteiger partial charge in [-0.15, -0.1) is 0 Å². The summed E-state index contributed by atoms with van der Waals surface area (Å²) in [5.41, 5.74) is 6.67. The Hall–Kier alpha value is -2.78. The smallest absolute Gasteiger partial charge is 0.247 e. The summed E-state index contributed by atoms with van der Waals surface area (Å²) in [5.74, 6) is -0.437. The van der Waals surface area contributed by atoms with Crippen molar-refractivity contribution in [1.29, 1.82) is 0 Å². The number of carbonyl (C=O) groups is 2. The van der Waals surface area contributed by atoms with Crippen LogP contribution in [0.15, 0.2) is 60.7 Å². The van der Waals surface area contributed by atoms with Gasteiger partial charge in [0.15, 0.2) is 0 Å². The van der Waals surface area contributed by atoms with Crippen molar-refractivity contribution in [2.24, 2.45) is 5.73 Å². The molecule has 2 fully saturated rings. The lowest BCUT2D eigenvalue weighted by molar-refractivity contribution is -0.179. The molecule has 0 bridgehead atoms. The molecule has 0 aromatic heterocycles. The summed E-state index contributed by atoms with van der Waals surface area (Å²) in [5, 5.41) is 2.90. The van der Waals surface area contributed by atoms with Crippen molar-refractivity contribution < 1.29 is 19.1 Å². The van der Waals surface area contributed by atoms with Crippen LogP contribution in [0.1, 0.15) is 50.7 Å². The first kappa shape index (κ1) is 28.2. The van der Waals surface area contributed by atoms with Gasteiger partial charge in [-0.2, -0.15) is 0 Å². The predicted octanol–water partition coefficient (Wildman–Crippen LogP) is 2.88. The highest BCUT2D eigenvalue weighted by Gasteiger charge is 2.49. The van der Waals surface area contributed by atoms with E-state index < -0.39 is 29.2 Å². The number of nitrogens with one attached hydrogen (secondary N) is 1. The van der Waals surface area contributed by atoms with Gasteiger partial charge in [0, 0.05) is 19.0 Å². The van der Waals surface area contributed by atoms with E-state index >= 15 is 0 Å². The number of ether oxygens (including phenoxy) is 2. The zero-order chi connectivity index (χ0) is 27.3. The van der Waals surface area contributed by atoms with Crippen LogP contribution in [-0.4, -0.2) is 78.3 Å². The van der Waals surface area contributed by atoms with E-state index in [0.29, 0.717) is 26.4 Å². The first-order valence-electron chi connectivity index (χ1n) is 13.5. The Labute approximate surface area is 226 Å². The minimum Gasteiger partial charge on any atom is -0.371 e. The summed E-state index contributed by atoms with van der Waals surface area (Å²) in [4.78, 5) is 31.0. The van der Waals surface area contributed by atoms with Crippen LogP contribution in [0.2, 0.25) is 0 Å². The zero-order valence-electron chi connectivity index (χ0n) is 23.1. The molecule has 8 heteroatoms. The van der Waals surface area contributed by atoms with Gasteiger partial charge in [-0.3, -0.25) is 14.5 Å². The standard InChI is InChI=1S/C30H42N4O4/c1-22(37-19-23-12-7-5-8-13-23)26(32-28(36)29(2,3)31)27(35)34-17-11-16-30(20-34)25(18-33(4)21-38-30)24-14-9-6-10-15-24/h5-10,12-15,22,25-26H,11,16-21,31H2,1-4H3,(H,32,36)/t22-,25?,26-,30?/m1/s1. The van der Waals surface area contributed by atoms with E-state index in [0.717, 1.165) is 24.9 Å². The number of likely N-dealkylation sites (tertiary alicyclic amines) is 1. The average Bonchev–Trinajstić information content (AvgIpc) is 2.92. The van der Waals surface area contributed by atoms with Crippen LogP contribution in [-0.2, 0) is 25.7 Å². The second kappa shape index (κ2) is 11.9. The molecule has 2 unspecified atom stereocenters. The third-order valence-electron chi connectivity index (χ3n) is 7.66. The van der Waals surface area contributed by atoms with Gasteiger partial charge in [-0.25, -0.2) is 0 Å². The van der Waals surface area contributed by atoms with Gasteiger partial charge in [0.25, 0.3) is 0 Å². The maximum atomic E-state index is 14.1. The van der Waals surface area contributed by atoms with Crippen LogP contribution in [0, 0.1) is 0 Å². The van der Waals surface area contributed by atoms with Gasteiger partial charge >= 0.3 is 0 Å². The first-order chi connectivity index (χ1) is 18.1. The van der Waals surface area contributed by atoms with Crippen LogP contribution in [0.3, 0.4) is 0 Å². The van der Waals surface area contributed by atoms with E-state index in [9.17, 15) is 9.59 Å². The van der Waals surface area contributed by atoms with Crippen molar-refractivity contribution in [3.8, 4) is 0 Å². The molecule has 38 heavy (non-hydrogen) atoms. The van der Waals surface area contributed by atoms with Crippen LogP contribution in [0.5, 0.6) is 0 Å². The molecule has 2 aliphatic rings. The number of carbonyl (C=O) groups excluding carboxylic acids is 2. The fourth-order valence-corrected chi connectivity index (χ4v) is 5.41. The summed E-state index contributed by atoms with van der Waals surface area (Å²) < 4.78 is 12.7. The number of nitrogens with zero attached hydrogens (tertiary/aromatic N) is 2. The molecule has 0 saturated carbocycles. The van der Waals surface area contributed by atoms with E-state index in [-0.39, 0.29) is 11.8 Å². The Bertz CT molecular complexity index is 1070. The highest BCUT2D eigenvalue weighted by atomic mass is 16.5. The molecular formula is C30H42N4O4. The van der Waals surface area contributed by atoms with Crippen molar-refractivity contribution in [3.05, 3.63) is 71.8 Å². The Morgan fingerprint density at radius 3 is 2.47 bits per heavy atom. The SMILES string of the molecule is C[C@@H](OCc1ccccc1)[C@@H](NC(=O)C(C)(C)N)C(=O)N1CCCC2(C1)OCN(C)CC2c1ccccc1. The predicted molar refractivity (Wildman–Crippen MR) is 147 cm³/mol. The maximum absolute atomic E-state index is 14.1. The fraction of sp³-hybridized carbons (Fsp3) is 0.533. The quantitative estimate of drug-likeness (QED) is 0.554. The van der Waals surface area contributed by atoms with Gasteiger partial charge in [0.2, 0.25) is 11.8 Å². The van der Waals surface area contributed by atoms with Crippen molar-refractivity contribution in [3.63, 3.8) is 0 Å². The van der Waals surface area contributed by atoms with Crippen molar-refractivity contribution in [2.45, 2.75) is 69.4 Å². The molecule has 0 radical (unpaired) electrons. The van der Waals surface area contributed by atoms with E-state index in [1.54, 1.807) is 13.8 Å². The molecule has 4 atom stereocenters. The van der Waals surface area contributed by atoms with Crippen molar-refractivity contribution >= 4 is 11.8 Å². The number of likely N-dealkylation sites (N-methyl/N-ethyl adjacent to an activating group) is 1. The summed E-state index contributed by atoms with van der Waals surface area (Å²) in [6.07, 6.45) is 1.13. The highest BCUT2D eigenvalue weighted by Crippen LogP contribution is 2.42. The first-order valence-corrected chi connectivity index (χ1v) is 13.5. The van der Waals surface area contributed by atoms with Gasteiger partial charge < -0.3 is 25.4 Å². The molecule has 2 saturated heterocycles. The topological polar surface area (TPSA) is 97.1 Å². The van der Waals surface area contributed by atoms with Crippen LogP contribution in [0.25, 0.3) is 0 Å². The summed E-state index contributed by atoms with van der Waals surface area (Å²) in [7, 11) is 2.06. The number of hydrogen-bond acceptors (Lipinski definition) is 6. The molecule has 3 N–H and O–H groups in total. The molecule has 2 aliphatic heterocycles. The third kappa shape index (κ3) is 6.61. The largest absolute Gasteiger partial charge is 0.371 e. The Kier molecular flexibility index (Phi) is 8.88. The number of benzene rings is 2. The molecule has 206 valence electrons. The van der Waals surface area contributed by atoms with Crippen molar-refractivity contribution in [2.75, 3.05) is 33.4 Å². The third-order valence-corrected chi connectivity index (χ3v) is 7.66. The molecular weight excluding hydrogens is 480 g/mol.